The molecule has 358 valence electrons. The number of urea groups is 1. The third-order valence-electron chi connectivity index (χ3n) is 13.4. The van der Waals surface area contributed by atoms with Gasteiger partial charge in [0.2, 0.25) is 5.91 Å². The zero-order valence-corrected chi connectivity index (χ0v) is 39.4. The number of rotatable bonds is 15. The van der Waals surface area contributed by atoms with Crippen molar-refractivity contribution in [3.8, 4) is 23.0 Å². The number of aryl methyl sites for hydroxylation is 1. The number of piperidine rings is 1. The van der Waals surface area contributed by atoms with Crippen LogP contribution in [0.25, 0.3) is 10.9 Å². The second-order valence-electron chi connectivity index (χ2n) is 17.8. The fourth-order valence-corrected chi connectivity index (χ4v) is 10.7. The summed E-state index contributed by atoms with van der Waals surface area (Å²) in [6.07, 6.45) is 4.40. The highest BCUT2D eigenvalue weighted by atomic mass is 32.2. The first kappa shape index (κ1) is 46.4. The minimum absolute atomic E-state index is 0.0300. The molecule has 4 aromatic carbocycles. The zero-order valence-electron chi connectivity index (χ0n) is 38.6. The highest BCUT2D eigenvalue weighted by Gasteiger charge is 2.44. The van der Waals surface area contributed by atoms with Crippen LogP contribution in [0.5, 0.6) is 23.0 Å². The van der Waals surface area contributed by atoms with Crippen molar-refractivity contribution in [3.05, 3.63) is 95.3 Å². The zero-order chi connectivity index (χ0) is 47.9. The molecule has 0 unspecified atom stereocenters. The van der Waals surface area contributed by atoms with Gasteiger partial charge in [-0.1, -0.05) is 12.1 Å². The number of hydrogen-bond acceptors (Lipinski definition) is 13. The maximum absolute atomic E-state index is 15.4. The van der Waals surface area contributed by atoms with Gasteiger partial charge in [0.15, 0.2) is 28.9 Å². The lowest BCUT2D eigenvalue weighted by Gasteiger charge is -2.38. The van der Waals surface area contributed by atoms with E-state index in [1.165, 1.54) is 18.1 Å². The van der Waals surface area contributed by atoms with Gasteiger partial charge in [0.05, 0.1) is 47.8 Å². The first-order valence-electron chi connectivity index (χ1n) is 23.0. The van der Waals surface area contributed by atoms with Gasteiger partial charge in [0.25, 0.3) is 11.8 Å². The number of fused-ring (bicyclic) bond motifs is 2. The van der Waals surface area contributed by atoms with E-state index in [9.17, 15) is 27.6 Å². The Balaban J connectivity index is 0.771. The van der Waals surface area contributed by atoms with Crippen LogP contribution in [0, 0.1) is 11.7 Å². The molecular formula is C49H55FN8O9S. The van der Waals surface area contributed by atoms with Crippen molar-refractivity contribution in [1.29, 1.82) is 0 Å². The number of ether oxygens (including phenoxy) is 3. The summed E-state index contributed by atoms with van der Waals surface area (Å²) in [4.78, 5) is 61.9. The van der Waals surface area contributed by atoms with Crippen LogP contribution in [0.15, 0.2) is 72.8 Å². The third kappa shape index (κ3) is 9.41. The smallest absolute Gasteiger partial charge is 0.329 e. The van der Waals surface area contributed by atoms with E-state index in [4.69, 9.17) is 14.2 Å². The van der Waals surface area contributed by atoms with Crippen LogP contribution >= 0.6 is 0 Å². The molecule has 5 amide bonds. The second kappa shape index (κ2) is 19.1. The SMILES string of the molecule is CCOc1cc([C@@H](CS(C)(=O)=O)N2C(=O)c3cccc(N4CCN(CCC5CCN(c6ccc(Oc7cc8c(cc7F)c(N7CCC(=O)NC7=O)nn8C)cc6)CC5)CC4)c3C2=O)ccc1OC. The predicted octanol–water partition coefficient (Wildman–Crippen LogP) is 6.17. The van der Waals surface area contributed by atoms with Crippen molar-refractivity contribution in [1.82, 2.24) is 24.9 Å². The minimum Gasteiger partial charge on any atom is -0.493 e. The molecule has 1 aromatic heterocycles. The lowest BCUT2D eigenvalue weighted by atomic mass is 9.93. The number of sulfone groups is 1. The Kier molecular flexibility index (Phi) is 13.0. The van der Waals surface area contributed by atoms with Crippen molar-refractivity contribution in [3.63, 3.8) is 0 Å². The molecule has 17 nitrogen and oxygen atoms in total. The number of amides is 5. The van der Waals surface area contributed by atoms with Gasteiger partial charge >= 0.3 is 6.03 Å². The highest BCUT2D eigenvalue weighted by molar-refractivity contribution is 7.90. The van der Waals surface area contributed by atoms with E-state index in [-0.39, 0.29) is 36.0 Å². The summed E-state index contributed by atoms with van der Waals surface area (Å²) in [6.45, 7) is 8.04. The minimum atomic E-state index is -3.64. The first-order chi connectivity index (χ1) is 32.7. The van der Waals surface area contributed by atoms with Gasteiger partial charge in [-0.2, -0.15) is 5.10 Å². The van der Waals surface area contributed by atoms with Gasteiger partial charge in [-0.15, -0.1) is 0 Å². The molecule has 0 spiro atoms. The summed E-state index contributed by atoms with van der Waals surface area (Å²) in [5.41, 5.74) is 3.34. The molecular weight excluding hydrogens is 896 g/mol. The quantitative estimate of drug-likeness (QED) is 0.118. The Hall–Kier alpha value is -6.73. The van der Waals surface area contributed by atoms with E-state index in [2.05, 4.69) is 25.1 Å². The number of carbonyl (C=O) groups excluding carboxylic acids is 4. The Morgan fingerprint density at radius 2 is 1.60 bits per heavy atom. The number of nitrogens with zero attached hydrogens (tertiary/aromatic N) is 7. The Bertz CT molecular complexity index is 2880. The molecule has 0 radical (unpaired) electrons. The van der Waals surface area contributed by atoms with Crippen LogP contribution in [0.4, 0.5) is 26.4 Å². The van der Waals surface area contributed by atoms with E-state index in [1.807, 2.05) is 37.3 Å². The van der Waals surface area contributed by atoms with Crippen LogP contribution in [-0.2, 0) is 21.7 Å². The number of imide groups is 2. The number of piperazine rings is 1. The molecule has 4 aliphatic rings. The monoisotopic (exact) mass is 950 g/mol. The van der Waals surface area contributed by atoms with Crippen molar-refractivity contribution in [2.75, 3.05) is 92.8 Å². The molecule has 5 heterocycles. The molecule has 3 fully saturated rings. The first-order valence-corrected chi connectivity index (χ1v) is 25.0. The van der Waals surface area contributed by atoms with Crippen LogP contribution in [0.3, 0.4) is 0 Å². The molecule has 5 aromatic rings. The molecule has 19 heteroatoms. The number of benzene rings is 4. The van der Waals surface area contributed by atoms with Crippen LogP contribution in [0.2, 0.25) is 0 Å². The number of halogens is 1. The number of hydrogen-bond donors (Lipinski definition) is 1. The summed E-state index contributed by atoms with van der Waals surface area (Å²) in [5, 5.41) is 7.15. The standard InChI is InChI=1S/C49H55FN8O9S/c1-5-66-43-27-32(9-14-41(43)65-3)40(30-68(4,63)64)58-47(60)35-7-6-8-38(45(35)48(58)61)56-25-23-54(24-26-56)19-15-31-16-20-55(21-17-31)33-10-12-34(13-11-33)67-42-29-39-36(28-37(42)50)46(52-53(39)2)57-22-18-44(59)51-49(57)62/h6-14,27-29,31,40H,5,15-26,30H2,1-4H3,(H,51,59,62)/t40-/m1/s1. The predicted molar refractivity (Wildman–Crippen MR) is 254 cm³/mol. The summed E-state index contributed by atoms with van der Waals surface area (Å²) < 4.78 is 59.7. The summed E-state index contributed by atoms with van der Waals surface area (Å²) >= 11 is 0. The van der Waals surface area contributed by atoms with Gasteiger partial charge in [0, 0.05) is 82.7 Å². The van der Waals surface area contributed by atoms with Crippen LogP contribution < -0.4 is 34.2 Å². The Morgan fingerprint density at radius 1 is 0.853 bits per heavy atom. The van der Waals surface area contributed by atoms with Gasteiger partial charge in [-0.3, -0.25) is 39.1 Å². The lowest BCUT2D eigenvalue weighted by molar-refractivity contribution is -0.120. The lowest BCUT2D eigenvalue weighted by Crippen LogP contribution is -2.49. The number of carbonyl (C=O) groups is 4. The molecule has 3 saturated heterocycles. The van der Waals surface area contributed by atoms with Gasteiger partial charge < -0.3 is 24.0 Å². The van der Waals surface area contributed by atoms with Crippen molar-refractivity contribution in [2.45, 2.75) is 38.6 Å². The van der Waals surface area contributed by atoms with Crippen LogP contribution in [-0.4, -0.2) is 130 Å². The molecule has 0 aliphatic carbocycles. The average molecular weight is 951 g/mol. The van der Waals surface area contributed by atoms with Crippen LogP contribution in [0.1, 0.15) is 64.9 Å². The maximum Gasteiger partial charge on any atom is 0.329 e. The molecule has 9 rings (SSSR count). The second-order valence-corrected chi connectivity index (χ2v) is 20.0. The molecule has 0 saturated carbocycles. The molecule has 1 N–H and O–H groups in total. The highest BCUT2D eigenvalue weighted by Crippen LogP contribution is 2.40. The topological polar surface area (TPSA) is 176 Å². The summed E-state index contributed by atoms with van der Waals surface area (Å²) in [5.74, 6) is -0.236. The fourth-order valence-electron chi connectivity index (χ4n) is 9.80. The largest absolute Gasteiger partial charge is 0.493 e. The molecule has 68 heavy (non-hydrogen) atoms. The third-order valence-corrected chi connectivity index (χ3v) is 14.3. The van der Waals surface area contributed by atoms with Gasteiger partial charge in [-0.25, -0.2) is 17.6 Å². The van der Waals surface area contributed by atoms with Crippen molar-refractivity contribution in [2.24, 2.45) is 13.0 Å². The molecule has 1 atom stereocenters. The van der Waals surface area contributed by atoms with Gasteiger partial charge in [0.1, 0.15) is 15.6 Å². The van der Waals surface area contributed by atoms with Crippen molar-refractivity contribution >= 4 is 61.7 Å². The average Bonchev–Trinajstić information content (AvgIpc) is 3.77. The normalized spacial score (nSPS) is 17.8. The van der Waals surface area contributed by atoms with E-state index in [0.717, 1.165) is 68.8 Å². The Morgan fingerprint density at radius 3 is 2.29 bits per heavy atom. The van der Waals surface area contributed by atoms with Gasteiger partial charge in [-0.05, 0) is 98.8 Å². The number of methoxy groups -OCH3 is 1. The van der Waals surface area contributed by atoms with E-state index in [1.54, 1.807) is 48.1 Å². The van der Waals surface area contributed by atoms with E-state index in [0.29, 0.717) is 70.6 Å². The summed E-state index contributed by atoms with van der Waals surface area (Å²) in [6, 6.07) is 19.1. The Labute approximate surface area is 394 Å². The number of nitrogens with one attached hydrogen (secondary N) is 1. The number of aromatic nitrogens is 2. The summed E-state index contributed by atoms with van der Waals surface area (Å²) in [7, 11) is -0.428. The fraction of sp³-hybridized carbons (Fsp3) is 0.408. The van der Waals surface area contributed by atoms with E-state index >= 15 is 4.39 Å². The van der Waals surface area contributed by atoms with Crippen molar-refractivity contribution < 1.29 is 46.2 Å². The molecule has 4 aliphatic heterocycles. The maximum atomic E-state index is 15.4. The van der Waals surface area contributed by atoms with E-state index < -0.39 is 45.3 Å². The molecule has 0 bridgehead atoms. The number of anilines is 3.